The molecule has 4 rings (SSSR count). The molecule has 132 valence electrons. The highest BCUT2D eigenvalue weighted by atomic mass is 35.5. The van der Waals surface area contributed by atoms with Gasteiger partial charge in [0.05, 0.1) is 5.69 Å². The summed E-state index contributed by atoms with van der Waals surface area (Å²) in [5, 5.41) is 12.1. The molecular formula is C21H20ClN3S. The molecule has 3 nitrogen and oxygen atoms in total. The maximum atomic E-state index is 6.06. The van der Waals surface area contributed by atoms with Gasteiger partial charge in [0.2, 0.25) is 4.80 Å². The van der Waals surface area contributed by atoms with E-state index < -0.39 is 0 Å². The highest BCUT2D eigenvalue weighted by Crippen LogP contribution is 2.25. The minimum Gasteiger partial charge on any atom is -0.284 e. The van der Waals surface area contributed by atoms with Crippen molar-refractivity contribution in [1.82, 2.24) is 4.57 Å². The Morgan fingerprint density at radius 2 is 1.58 bits per heavy atom. The normalized spacial score (nSPS) is 15.3. The number of rotatable bonds is 3. The highest BCUT2D eigenvalue weighted by molar-refractivity contribution is 7.07. The summed E-state index contributed by atoms with van der Waals surface area (Å²) in [5.74, 6) is 0. The van der Waals surface area contributed by atoms with Gasteiger partial charge in [0.25, 0.3) is 0 Å². The van der Waals surface area contributed by atoms with Crippen LogP contribution >= 0.6 is 22.9 Å². The molecular weight excluding hydrogens is 362 g/mol. The van der Waals surface area contributed by atoms with E-state index in [-0.39, 0.29) is 0 Å². The average Bonchev–Trinajstić information content (AvgIpc) is 3.12. The Balaban J connectivity index is 1.83. The van der Waals surface area contributed by atoms with Crippen molar-refractivity contribution in [3.63, 3.8) is 0 Å². The molecule has 0 bridgehead atoms. The SMILES string of the molecule is Clc1ccc(-c2cs/c(=N/N=C3CCCCC3)n2-c2ccccc2)cc1. The monoisotopic (exact) mass is 381 g/mol. The number of aromatic nitrogens is 1. The molecule has 26 heavy (non-hydrogen) atoms. The minimum atomic E-state index is 0.740. The molecule has 0 atom stereocenters. The Morgan fingerprint density at radius 3 is 2.31 bits per heavy atom. The Bertz CT molecular complexity index is 960. The summed E-state index contributed by atoms with van der Waals surface area (Å²) < 4.78 is 2.17. The van der Waals surface area contributed by atoms with Crippen LogP contribution in [0.4, 0.5) is 0 Å². The first-order valence-electron chi connectivity index (χ1n) is 8.92. The number of benzene rings is 2. The lowest BCUT2D eigenvalue weighted by Crippen LogP contribution is -2.14. The lowest BCUT2D eigenvalue weighted by atomic mass is 9.99. The first-order chi connectivity index (χ1) is 12.8. The number of thiazole rings is 1. The Kier molecular flexibility index (Phi) is 5.32. The number of para-hydroxylation sites is 1. The Hall–Kier alpha value is -2.17. The maximum absolute atomic E-state index is 6.06. The van der Waals surface area contributed by atoms with E-state index in [0.717, 1.165) is 39.6 Å². The lowest BCUT2D eigenvalue weighted by molar-refractivity contribution is 0.663. The molecule has 0 amide bonds. The van der Waals surface area contributed by atoms with Gasteiger partial charge in [-0.1, -0.05) is 48.4 Å². The van der Waals surface area contributed by atoms with Crippen molar-refractivity contribution in [3.05, 3.63) is 69.8 Å². The second kappa shape index (κ2) is 8.02. The molecule has 5 heteroatoms. The van der Waals surface area contributed by atoms with Crippen LogP contribution in [0, 0.1) is 0 Å². The van der Waals surface area contributed by atoms with Crippen LogP contribution in [0.3, 0.4) is 0 Å². The second-order valence-electron chi connectivity index (χ2n) is 6.41. The first-order valence-corrected chi connectivity index (χ1v) is 10.2. The van der Waals surface area contributed by atoms with E-state index in [0.29, 0.717) is 0 Å². The molecule has 0 radical (unpaired) electrons. The number of nitrogens with zero attached hydrogens (tertiary/aromatic N) is 3. The van der Waals surface area contributed by atoms with E-state index >= 15 is 0 Å². The van der Waals surface area contributed by atoms with Crippen LogP contribution in [0.1, 0.15) is 32.1 Å². The first kappa shape index (κ1) is 17.3. The molecule has 0 aliphatic heterocycles. The van der Waals surface area contributed by atoms with Crippen LogP contribution < -0.4 is 4.80 Å². The third kappa shape index (κ3) is 3.81. The van der Waals surface area contributed by atoms with Gasteiger partial charge < -0.3 is 0 Å². The zero-order valence-corrected chi connectivity index (χ0v) is 16.0. The van der Waals surface area contributed by atoms with Crippen molar-refractivity contribution >= 4 is 28.6 Å². The van der Waals surface area contributed by atoms with Gasteiger partial charge in [-0.15, -0.1) is 16.4 Å². The topological polar surface area (TPSA) is 29.6 Å². The van der Waals surface area contributed by atoms with Crippen LogP contribution in [0.25, 0.3) is 16.9 Å². The third-order valence-electron chi connectivity index (χ3n) is 4.57. The molecule has 1 aliphatic rings. The van der Waals surface area contributed by atoms with Crippen molar-refractivity contribution < 1.29 is 0 Å². The van der Waals surface area contributed by atoms with E-state index in [1.807, 2.05) is 42.5 Å². The standard InChI is InChI=1S/C21H20ClN3S/c22-17-13-11-16(12-14-17)20-15-26-21(24-23-18-7-3-1-4-8-18)25(20)19-9-5-2-6-10-19/h2,5-6,9-15H,1,3-4,7-8H2/b24-21+. The van der Waals surface area contributed by atoms with Gasteiger partial charge >= 0.3 is 0 Å². The summed E-state index contributed by atoms with van der Waals surface area (Å²) in [6, 6.07) is 18.2. The van der Waals surface area contributed by atoms with E-state index in [2.05, 4.69) is 32.3 Å². The molecule has 0 spiro atoms. The van der Waals surface area contributed by atoms with Crippen molar-refractivity contribution in [3.8, 4) is 16.9 Å². The molecule has 0 saturated heterocycles. The van der Waals surface area contributed by atoms with Crippen molar-refractivity contribution in [2.45, 2.75) is 32.1 Å². The third-order valence-corrected chi connectivity index (χ3v) is 5.64. The summed E-state index contributed by atoms with van der Waals surface area (Å²) in [5.41, 5.74) is 4.51. The van der Waals surface area contributed by atoms with E-state index in [4.69, 9.17) is 11.6 Å². The number of halogens is 1. The summed E-state index contributed by atoms with van der Waals surface area (Å²) in [6.07, 6.45) is 5.91. The quantitative estimate of drug-likeness (QED) is 0.492. The molecule has 1 fully saturated rings. The van der Waals surface area contributed by atoms with Crippen LogP contribution in [-0.4, -0.2) is 10.3 Å². The summed E-state index contributed by atoms with van der Waals surface area (Å²) in [4.78, 5) is 0.888. The fourth-order valence-corrected chi connectivity index (χ4v) is 4.18. The molecule has 1 aromatic heterocycles. The predicted octanol–water partition coefficient (Wildman–Crippen LogP) is 6.08. The summed E-state index contributed by atoms with van der Waals surface area (Å²) in [6.45, 7) is 0. The predicted molar refractivity (Wildman–Crippen MR) is 110 cm³/mol. The highest BCUT2D eigenvalue weighted by Gasteiger charge is 2.11. The smallest absolute Gasteiger partial charge is 0.215 e. The van der Waals surface area contributed by atoms with Crippen molar-refractivity contribution in [2.24, 2.45) is 10.2 Å². The minimum absolute atomic E-state index is 0.740. The number of hydrogen-bond acceptors (Lipinski definition) is 3. The second-order valence-corrected chi connectivity index (χ2v) is 7.68. The maximum Gasteiger partial charge on any atom is 0.215 e. The van der Waals surface area contributed by atoms with Gasteiger partial charge in [-0.25, -0.2) is 0 Å². The van der Waals surface area contributed by atoms with Crippen molar-refractivity contribution in [2.75, 3.05) is 0 Å². The van der Waals surface area contributed by atoms with Gasteiger partial charge in [0.1, 0.15) is 0 Å². The molecule has 0 unspecified atom stereocenters. The van der Waals surface area contributed by atoms with Crippen LogP contribution in [0.15, 0.2) is 70.2 Å². The molecule has 1 heterocycles. The van der Waals surface area contributed by atoms with Gasteiger partial charge in [-0.3, -0.25) is 4.57 Å². The fraction of sp³-hybridized carbons (Fsp3) is 0.238. The molecule has 2 aromatic carbocycles. The fourth-order valence-electron chi connectivity index (χ4n) is 3.20. The summed E-state index contributed by atoms with van der Waals surface area (Å²) >= 11 is 7.67. The zero-order valence-electron chi connectivity index (χ0n) is 14.4. The molecule has 0 N–H and O–H groups in total. The number of hydrogen-bond donors (Lipinski definition) is 0. The van der Waals surface area contributed by atoms with Crippen LogP contribution in [0.5, 0.6) is 0 Å². The van der Waals surface area contributed by atoms with E-state index in [1.54, 1.807) is 11.3 Å². The van der Waals surface area contributed by atoms with Crippen LogP contribution in [0.2, 0.25) is 5.02 Å². The summed E-state index contributed by atoms with van der Waals surface area (Å²) in [7, 11) is 0. The Labute approximate surface area is 162 Å². The average molecular weight is 382 g/mol. The molecule has 1 saturated carbocycles. The van der Waals surface area contributed by atoms with Gasteiger partial charge in [-0.05, 0) is 55.5 Å². The van der Waals surface area contributed by atoms with Gasteiger partial charge in [-0.2, -0.15) is 5.10 Å². The van der Waals surface area contributed by atoms with Crippen LogP contribution in [-0.2, 0) is 0 Å². The van der Waals surface area contributed by atoms with Gasteiger partial charge in [0.15, 0.2) is 0 Å². The van der Waals surface area contributed by atoms with Crippen molar-refractivity contribution in [1.29, 1.82) is 0 Å². The van der Waals surface area contributed by atoms with Gasteiger partial charge in [0, 0.05) is 21.8 Å². The molecule has 1 aliphatic carbocycles. The largest absolute Gasteiger partial charge is 0.284 e. The van der Waals surface area contributed by atoms with E-state index in [9.17, 15) is 0 Å². The van der Waals surface area contributed by atoms with E-state index in [1.165, 1.54) is 25.0 Å². The Morgan fingerprint density at radius 1 is 0.846 bits per heavy atom. The zero-order chi connectivity index (χ0) is 17.8. The lowest BCUT2D eigenvalue weighted by Gasteiger charge is -2.10. The molecule has 3 aromatic rings.